The lowest BCUT2D eigenvalue weighted by molar-refractivity contribution is -0.114. The van der Waals surface area contributed by atoms with Crippen molar-refractivity contribution in [3.8, 4) is 5.75 Å². The zero-order valence-corrected chi connectivity index (χ0v) is 10.7. The summed E-state index contributed by atoms with van der Waals surface area (Å²) in [6, 6.07) is 6.34. The summed E-state index contributed by atoms with van der Waals surface area (Å²) in [6.45, 7) is 1.41. The normalized spacial score (nSPS) is 11.0. The van der Waals surface area contributed by atoms with E-state index in [0.717, 1.165) is 0 Å². The lowest BCUT2D eigenvalue weighted by Crippen LogP contribution is -2.05. The topological polar surface area (TPSA) is 73.9 Å². The van der Waals surface area contributed by atoms with Crippen molar-refractivity contribution >= 4 is 19.4 Å². The van der Waals surface area contributed by atoms with Crippen molar-refractivity contribution in [2.24, 2.45) is 0 Å². The van der Waals surface area contributed by atoms with Gasteiger partial charge in [0.25, 0.3) is 0 Å². The first kappa shape index (κ1) is 13.7. The van der Waals surface area contributed by atoms with E-state index in [1.54, 1.807) is 24.3 Å². The summed E-state index contributed by atoms with van der Waals surface area (Å²) in [4.78, 5) is 10.8. The minimum Gasteiger partial charge on any atom is -0.404 e. The fraction of sp³-hybridized carbons (Fsp3) is 0.300. The van der Waals surface area contributed by atoms with Crippen LogP contribution in [-0.2, 0) is 18.4 Å². The van der Waals surface area contributed by atoms with Crippen LogP contribution in [0.15, 0.2) is 24.3 Å². The van der Waals surface area contributed by atoms with Gasteiger partial charge >= 0.3 is 7.82 Å². The average Bonchev–Trinajstić information content (AvgIpc) is 2.31. The van der Waals surface area contributed by atoms with Crippen LogP contribution in [0.1, 0.15) is 6.92 Å². The lowest BCUT2D eigenvalue weighted by Gasteiger charge is -2.14. The molecule has 0 radical (unpaired) electrons. The standard InChI is InChI=1S/C10H14NO5P/c1-8(12)11-9-4-6-10(7-5-9)16-17(13,14-2)15-3/h4-7H,1-3H3,(H,11,12). The van der Waals surface area contributed by atoms with Crippen molar-refractivity contribution < 1.29 is 22.9 Å². The maximum atomic E-state index is 11.6. The van der Waals surface area contributed by atoms with E-state index in [9.17, 15) is 9.36 Å². The predicted octanol–water partition coefficient (Wildman–Crippen LogP) is 2.42. The molecular formula is C10H14NO5P. The van der Waals surface area contributed by atoms with Crippen LogP contribution < -0.4 is 9.84 Å². The van der Waals surface area contributed by atoms with E-state index < -0.39 is 7.82 Å². The van der Waals surface area contributed by atoms with Crippen LogP contribution in [0.2, 0.25) is 0 Å². The molecule has 0 saturated heterocycles. The van der Waals surface area contributed by atoms with Gasteiger partial charge in [-0.2, -0.15) is 0 Å². The molecule has 0 atom stereocenters. The molecule has 1 amide bonds. The molecule has 94 valence electrons. The third-order valence-corrected chi connectivity index (χ3v) is 3.17. The summed E-state index contributed by atoms with van der Waals surface area (Å²) < 4.78 is 26.0. The Bertz CT molecular complexity index is 423. The Morgan fingerprint density at radius 2 is 1.71 bits per heavy atom. The van der Waals surface area contributed by atoms with Crippen molar-refractivity contribution in [2.45, 2.75) is 6.92 Å². The molecule has 0 aromatic heterocycles. The van der Waals surface area contributed by atoms with Gasteiger partial charge in [-0.1, -0.05) is 0 Å². The van der Waals surface area contributed by atoms with Crippen LogP contribution in [0.5, 0.6) is 5.75 Å². The summed E-state index contributed by atoms with van der Waals surface area (Å²) in [5, 5.41) is 2.60. The smallest absolute Gasteiger partial charge is 0.404 e. The second kappa shape index (κ2) is 5.82. The van der Waals surface area contributed by atoms with E-state index in [0.29, 0.717) is 11.4 Å². The number of amides is 1. The third-order valence-electron chi connectivity index (χ3n) is 1.84. The molecule has 0 unspecified atom stereocenters. The maximum Gasteiger partial charge on any atom is 0.529 e. The maximum absolute atomic E-state index is 11.6. The number of hydrogen-bond donors (Lipinski definition) is 1. The van der Waals surface area contributed by atoms with Gasteiger partial charge in [0, 0.05) is 26.8 Å². The second-order valence-electron chi connectivity index (χ2n) is 3.11. The average molecular weight is 259 g/mol. The van der Waals surface area contributed by atoms with Gasteiger partial charge in [-0.05, 0) is 24.3 Å². The highest BCUT2D eigenvalue weighted by Crippen LogP contribution is 2.47. The molecule has 0 heterocycles. The summed E-state index contributed by atoms with van der Waals surface area (Å²) in [6.07, 6.45) is 0. The Morgan fingerprint density at radius 1 is 1.18 bits per heavy atom. The monoisotopic (exact) mass is 259 g/mol. The molecule has 1 N–H and O–H groups in total. The fourth-order valence-electron chi connectivity index (χ4n) is 1.08. The van der Waals surface area contributed by atoms with Crippen LogP contribution in [0.3, 0.4) is 0 Å². The fourth-order valence-corrected chi connectivity index (χ4v) is 1.76. The van der Waals surface area contributed by atoms with E-state index >= 15 is 0 Å². The van der Waals surface area contributed by atoms with E-state index in [1.807, 2.05) is 0 Å². The number of nitrogens with one attached hydrogen (secondary N) is 1. The minimum atomic E-state index is -3.53. The molecule has 17 heavy (non-hydrogen) atoms. The Hall–Kier alpha value is -1.36. The molecule has 0 aliphatic carbocycles. The summed E-state index contributed by atoms with van der Waals surface area (Å²) in [5.41, 5.74) is 0.620. The molecule has 1 rings (SSSR count). The first-order valence-corrected chi connectivity index (χ1v) is 6.24. The molecule has 1 aromatic carbocycles. The van der Waals surface area contributed by atoms with Crippen molar-refractivity contribution in [3.63, 3.8) is 0 Å². The Morgan fingerprint density at radius 3 is 2.12 bits per heavy atom. The first-order valence-electron chi connectivity index (χ1n) is 4.78. The molecule has 0 spiro atoms. The van der Waals surface area contributed by atoms with Gasteiger partial charge in [0.1, 0.15) is 5.75 Å². The molecule has 0 saturated carbocycles. The minimum absolute atomic E-state index is 0.168. The number of rotatable bonds is 5. The highest BCUT2D eigenvalue weighted by Gasteiger charge is 2.24. The molecule has 0 bridgehead atoms. The van der Waals surface area contributed by atoms with Crippen molar-refractivity contribution in [1.29, 1.82) is 0 Å². The van der Waals surface area contributed by atoms with E-state index in [4.69, 9.17) is 4.52 Å². The quantitative estimate of drug-likeness (QED) is 0.822. The number of carbonyl (C=O) groups is 1. The van der Waals surface area contributed by atoms with Gasteiger partial charge in [0.05, 0.1) is 0 Å². The van der Waals surface area contributed by atoms with Crippen molar-refractivity contribution in [2.75, 3.05) is 19.5 Å². The Kier molecular flexibility index (Phi) is 4.69. The van der Waals surface area contributed by atoms with Crippen LogP contribution in [0.25, 0.3) is 0 Å². The van der Waals surface area contributed by atoms with E-state index in [1.165, 1.54) is 21.1 Å². The summed E-state index contributed by atoms with van der Waals surface area (Å²) in [7, 11) is -1.07. The highest BCUT2D eigenvalue weighted by molar-refractivity contribution is 7.48. The SMILES string of the molecule is COP(=O)(OC)Oc1ccc(NC(C)=O)cc1. The Labute approximate surface area is 99.5 Å². The zero-order chi connectivity index (χ0) is 12.9. The molecule has 0 fully saturated rings. The second-order valence-corrected chi connectivity index (χ2v) is 4.92. The first-order chi connectivity index (χ1) is 7.99. The van der Waals surface area contributed by atoms with Gasteiger partial charge in [-0.25, -0.2) is 4.57 Å². The van der Waals surface area contributed by atoms with Gasteiger partial charge in [0.15, 0.2) is 0 Å². The summed E-state index contributed by atoms with van der Waals surface area (Å²) >= 11 is 0. The number of phosphoric ester groups is 1. The van der Waals surface area contributed by atoms with Gasteiger partial charge in [-0.15, -0.1) is 0 Å². The van der Waals surface area contributed by atoms with E-state index in [-0.39, 0.29) is 5.91 Å². The van der Waals surface area contributed by atoms with Crippen LogP contribution in [-0.4, -0.2) is 20.1 Å². The number of carbonyl (C=O) groups excluding carboxylic acids is 1. The van der Waals surface area contributed by atoms with Crippen LogP contribution in [0.4, 0.5) is 5.69 Å². The zero-order valence-electron chi connectivity index (χ0n) is 9.80. The molecule has 6 nitrogen and oxygen atoms in total. The number of benzene rings is 1. The predicted molar refractivity (Wildman–Crippen MR) is 63.0 cm³/mol. The Balaban J connectivity index is 2.74. The van der Waals surface area contributed by atoms with Crippen LogP contribution in [0, 0.1) is 0 Å². The molecular weight excluding hydrogens is 245 g/mol. The highest BCUT2D eigenvalue weighted by atomic mass is 31.2. The van der Waals surface area contributed by atoms with Crippen molar-refractivity contribution in [3.05, 3.63) is 24.3 Å². The van der Waals surface area contributed by atoms with Crippen LogP contribution >= 0.6 is 7.82 Å². The summed E-state index contributed by atoms with van der Waals surface area (Å²) in [5.74, 6) is 0.157. The number of anilines is 1. The number of phosphoric acid groups is 1. The van der Waals surface area contributed by atoms with E-state index in [2.05, 4.69) is 14.4 Å². The van der Waals surface area contributed by atoms with Gasteiger partial charge < -0.3 is 9.84 Å². The molecule has 0 aliphatic heterocycles. The van der Waals surface area contributed by atoms with Gasteiger partial charge in [-0.3, -0.25) is 13.8 Å². The van der Waals surface area contributed by atoms with Crippen molar-refractivity contribution in [1.82, 2.24) is 0 Å². The molecule has 0 aliphatic rings. The molecule has 7 heteroatoms. The number of hydrogen-bond acceptors (Lipinski definition) is 5. The molecule has 1 aromatic rings. The van der Waals surface area contributed by atoms with Gasteiger partial charge in [0.2, 0.25) is 5.91 Å². The lowest BCUT2D eigenvalue weighted by atomic mass is 10.3. The third kappa shape index (κ3) is 4.19. The largest absolute Gasteiger partial charge is 0.529 e.